The molecule has 0 aliphatic carbocycles. The van der Waals surface area contributed by atoms with Crippen molar-refractivity contribution in [3.05, 3.63) is 71.4 Å². The van der Waals surface area contributed by atoms with Crippen LogP contribution in [0.4, 0.5) is 0 Å². The van der Waals surface area contributed by atoms with Crippen molar-refractivity contribution in [3.8, 4) is 18.1 Å². The third-order valence-corrected chi connectivity index (χ3v) is 7.03. The number of aromatic nitrogens is 1. The molecule has 1 aliphatic heterocycles. The molecule has 0 spiro atoms. The van der Waals surface area contributed by atoms with Crippen LogP contribution in [0.15, 0.2) is 59.7 Å². The molecule has 2 N–H and O–H groups in total. The zero-order chi connectivity index (χ0) is 28.2. The highest BCUT2D eigenvalue weighted by atomic mass is 32.2. The Morgan fingerprint density at radius 2 is 1.97 bits per heavy atom. The summed E-state index contributed by atoms with van der Waals surface area (Å²) in [7, 11) is 0. The molecule has 8 nitrogen and oxygen atoms in total. The highest BCUT2D eigenvalue weighted by Crippen LogP contribution is 2.24. The Bertz CT molecular complexity index is 1340. The van der Waals surface area contributed by atoms with E-state index in [0.717, 1.165) is 27.2 Å². The van der Waals surface area contributed by atoms with Gasteiger partial charge < -0.3 is 10.1 Å². The number of nitrogens with zero attached hydrogens (tertiary/aromatic N) is 3. The van der Waals surface area contributed by atoms with Crippen LogP contribution >= 0.6 is 11.8 Å². The number of fused-ring (bicyclic) bond motifs is 1. The molecule has 1 fully saturated rings. The molecule has 2 atom stereocenters. The standard InChI is InChI=1S/C28H29N5O3S.C2H6/c1-4-13-33-15-24(28(37-3)32-29-18-34)26(16-33)31-27(35)20-9-11-22(12-10-20)36-17-21-14-19(2)30-25-8-6-5-7-23(21)25;1-2/h1,5-12,14,18,24,26H,13,15-17H2,2-3H3,(H,29,34)(H,31,35);1-2H3/b32-28-;. The quantitative estimate of drug-likeness (QED) is 0.137. The Morgan fingerprint density at radius 1 is 1.23 bits per heavy atom. The lowest BCUT2D eigenvalue weighted by Crippen LogP contribution is -2.42. The molecule has 9 heteroatoms. The Hall–Kier alpha value is -3.87. The van der Waals surface area contributed by atoms with Crippen LogP contribution < -0.4 is 15.5 Å². The number of likely N-dealkylation sites (tertiary alicyclic amines) is 1. The zero-order valence-electron chi connectivity index (χ0n) is 22.8. The zero-order valence-corrected chi connectivity index (χ0v) is 23.6. The summed E-state index contributed by atoms with van der Waals surface area (Å²) in [5.41, 5.74) is 5.83. The number of ether oxygens (including phenoxy) is 1. The van der Waals surface area contributed by atoms with E-state index in [0.29, 0.717) is 44.0 Å². The predicted molar refractivity (Wildman–Crippen MR) is 159 cm³/mol. The Balaban J connectivity index is 0.00000205. The molecule has 2 unspecified atom stereocenters. The van der Waals surface area contributed by atoms with Gasteiger partial charge in [-0.1, -0.05) is 38.0 Å². The van der Waals surface area contributed by atoms with Gasteiger partial charge in [-0.05, 0) is 49.6 Å². The Kier molecular flexibility index (Phi) is 11.3. The maximum atomic E-state index is 13.1. The third-order valence-electron chi connectivity index (χ3n) is 6.22. The lowest BCUT2D eigenvalue weighted by Gasteiger charge is -2.20. The summed E-state index contributed by atoms with van der Waals surface area (Å²) in [6, 6.07) is 16.9. The second-order valence-electron chi connectivity index (χ2n) is 8.74. The van der Waals surface area contributed by atoms with E-state index in [2.05, 4.69) is 31.6 Å². The highest BCUT2D eigenvalue weighted by molar-refractivity contribution is 8.13. The molecule has 204 valence electrons. The van der Waals surface area contributed by atoms with E-state index in [9.17, 15) is 9.59 Å². The fourth-order valence-electron chi connectivity index (χ4n) is 4.54. The fraction of sp³-hybridized carbons (Fsp3) is 0.333. The van der Waals surface area contributed by atoms with E-state index in [1.165, 1.54) is 11.8 Å². The molecule has 3 aromatic rings. The summed E-state index contributed by atoms with van der Waals surface area (Å²) < 4.78 is 6.03. The van der Waals surface area contributed by atoms with Gasteiger partial charge in [0.05, 0.1) is 23.1 Å². The second kappa shape index (κ2) is 14.9. The van der Waals surface area contributed by atoms with Crippen LogP contribution in [-0.2, 0) is 11.4 Å². The number of thioether (sulfide) groups is 1. The minimum atomic E-state index is -0.195. The van der Waals surface area contributed by atoms with Gasteiger partial charge in [-0.15, -0.1) is 18.2 Å². The van der Waals surface area contributed by atoms with E-state index >= 15 is 0 Å². The number of carbonyl (C=O) groups is 2. The van der Waals surface area contributed by atoms with Crippen molar-refractivity contribution in [2.24, 2.45) is 11.0 Å². The van der Waals surface area contributed by atoms with Crippen LogP contribution in [0.5, 0.6) is 5.75 Å². The molecule has 0 radical (unpaired) electrons. The van der Waals surface area contributed by atoms with Gasteiger partial charge in [0.15, 0.2) is 0 Å². The largest absolute Gasteiger partial charge is 0.489 e. The Labute approximate surface area is 234 Å². The van der Waals surface area contributed by atoms with Crippen LogP contribution in [-0.4, -0.2) is 59.2 Å². The third kappa shape index (κ3) is 7.82. The summed E-state index contributed by atoms with van der Waals surface area (Å²) in [5, 5.41) is 9.08. The molecule has 2 amide bonds. The van der Waals surface area contributed by atoms with E-state index in [1.807, 2.05) is 57.4 Å². The average Bonchev–Trinajstić information content (AvgIpc) is 3.35. The second-order valence-corrected chi connectivity index (χ2v) is 9.57. The number of hydrogen-bond donors (Lipinski definition) is 2. The molecule has 4 rings (SSSR count). The van der Waals surface area contributed by atoms with Crippen molar-refractivity contribution in [2.45, 2.75) is 33.4 Å². The number of nitrogens with one attached hydrogen (secondary N) is 2. The first-order valence-corrected chi connectivity index (χ1v) is 14.1. The van der Waals surface area contributed by atoms with E-state index in [1.54, 1.807) is 24.3 Å². The van der Waals surface area contributed by atoms with E-state index in [4.69, 9.17) is 11.2 Å². The van der Waals surface area contributed by atoms with Gasteiger partial charge in [-0.25, -0.2) is 5.43 Å². The van der Waals surface area contributed by atoms with Gasteiger partial charge in [0, 0.05) is 41.2 Å². The van der Waals surface area contributed by atoms with Gasteiger partial charge in [0.1, 0.15) is 12.4 Å². The molecular weight excluding hydrogens is 510 g/mol. The van der Waals surface area contributed by atoms with Crippen molar-refractivity contribution >= 4 is 40.0 Å². The van der Waals surface area contributed by atoms with Gasteiger partial charge >= 0.3 is 0 Å². The van der Waals surface area contributed by atoms with Crippen LogP contribution in [0.25, 0.3) is 10.9 Å². The number of aryl methyl sites for hydroxylation is 1. The lowest BCUT2D eigenvalue weighted by atomic mass is 10.0. The molecule has 1 aliphatic rings. The molecule has 1 aromatic heterocycles. The van der Waals surface area contributed by atoms with Crippen molar-refractivity contribution in [3.63, 3.8) is 0 Å². The van der Waals surface area contributed by atoms with Crippen molar-refractivity contribution in [2.75, 3.05) is 25.9 Å². The summed E-state index contributed by atoms with van der Waals surface area (Å²) >= 11 is 1.44. The molecule has 39 heavy (non-hydrogen) atoms. The van der Waals surface area contributed by atoms with Crippen molar-refractivity contribution in [1.82, 2.24) is 20.6 Å². The maximum Gasteiger partial charge on any atom is 0.251 e. The first kappa shape index (κ1) is 29.7. The van der Waals surface area contributed by atoms with Crippen molar-refractivity contribution < 1.29 is 14.3 Å². The number of para-hydroxylation sites is 1. The number of benzene rings is 2. The number of hydrogen-bond acceptors (Lipinski definition) is 7. The molecular formula is C30H35N5O3S. The van der Waals surface area contributed by atoms with Gasteiger partial charge in [-0.3, -0.25) is 19.5 Å². The average molecular weight is 546 g/mol. The van der Waals surface area contributed by atoms with E-state index in [-0.39, 0.29) is 17.9 Å². The first-order valence-electron chi connectivity index (χ1n) is 12.9. The molecule has 1 saturated heterocycles. The van der Waals surface area contributed by atoms with Gasteiger partial charge in [0.25, 0.3) is 5.91 Å². The number of hydrazone groups is 1. The van der Waals surface area contributed by atoms with Gasteiger partial charge in [-0.2, -0.15) is 5.10 Å². The number of pyridine rings is 1. The summed E-state index contributed by atoms with van der Waals surface area (Å²) in [5.74, 6) is 3.05. The lowest BCUT2D eigenvalue weighted by molar-refractivity contribution is -0.109. The monoisotopic (exact) mass is 545 g/mol. The number of terminal acetylenes is 1. The minimum absolute atomic E-state index is 0.0824. The number of amides is 2. The normalized spacial score (nSPS) is 17.1. The summed E-state index contributed by atoms with van der Waals surface area (Å²) in [6.45, 7) is 8.09. The molecule has 2 heterocycles. The molecule has 0 bridgehead atoms. The summed E-state index contributed by atoms with van der Waals surface area (Å²) in [6.07, 6.45) is 7.92. The summed E-state index contributed by atoms with van der Waals surface area (Å²) in [4.78, 5) is 30.5. The first-order chi connectivity index (χ1) is 19.0. The van der Waals surface area contributed by atoms with Crippen LogP contribution in [0.1, 0.15) is 35.5 Å². The fourth-order valence-corrected chi connectivity index (χ4v) is 5.23. The Morgan fingerprint density at radius 3 is 2.67 bits per heavy atom. The van der Waals surface area contributed by atoms with Crippen LogP contribution in [0, 0.1) is 25.2 Å². The van der Waals surface area contributed by atoms with Crippen LogP contribution in [0.2, 0.25) is 0 Å². The molecule has 2 aromatic carbocycles. The van der Waals surface area contributed by atoms with Crippen LogP contribution in [0.3, 0.4) is 0 Å². The number of carbonyl (C=O) groups excluding carboxylic acids is 2. The maximum absolute atomic E-state index is 13.1. The minimum Gasteiger partial charge on any atom is -0.489 e. The smallest absolute Gasteiger partial charge is 0.251 e. The SMILES string of the molecule is C#CCN1CC(NC(=O)c2ccc(OCc3cc(C)nc4ccccc34)cc2)C(/C(=N/NC=O)SC)C1.CC. The highest BCUT2D eigenvalue weighted by Gasteiger charge is 2.37. The number of rotatable bonds is 9. The predicted octanol–water partition coefficient (Wildman–Crippen LogP) is 4.23. The topological polar surface area (TPSA) is 95.9 Å². The molecule has 0 saturated carbocycles. The van der Waals surface area contributed by atoms with Gasteiger partial charge in [0.2, 0.25) is 6.41 Å². The van der Waals surface area contributed by atoms with Crippen molar-refractivity contribution in [1.29, 1.82) is 0 Å². The van der Waals surface area contributed by atoms with E-state index < -0.39 is 0 Å².